The SMILES string of the molecule is CCCCOc1cc(NCCc2c[nH]c3ccccc23)ncn1. The molecule has 120 valence electrons. The molecule has 5 nitrogen and oxygen atoms in total. The minimum absolute atomic E-state index is 0.628. The van der Waals surface area contributed by atoms with Crippen LogP contribution in [0, 0.1) is 0 Å². The van der Waals surface area contributed by atoms with Crippen molar-refractivity contribution in [3.05, 3.63) is 48.4 Å². The molecule has 2 aromatic heterocycles. The molecule has 0 aliphatic carbocycles. The van der Waals surface area contributed by atoms with E-state index >= 15 is 0 Å². The first-order chi connectivity index (χ1) is 11.4. The molecule has 0 amide bonds. The minimum atomic E-state index is 0.628. The predicted octanol–water partition coefficient (Wildman–Crippen LogP) is 3.79. The Hall–Kier alpha value is -2.56. The lowest BCUT2D eigenvalue weighted by Crippen LogP contribution is -2.07. The number of para-hydroxylation sites is 1. The summed E-state index contributed by atoms with van der Waals surface area (Å²) in [4.78, 5) is 11.7. The number of hydrogen-bond acceptors (Lipinski definition) is 4. The zero-order valence-corrected chi connectivity index (χ0v) is 13.4. The lowest BCUT2D eigenvalue weighted by atomic mass is 10.1. The molecular weight excluding hydrogens is 288 g/mol. The molecule has 5 heteroatoms. The molecule has 0 radical (unpaired) electrons. The van der Waals surface area contributed by atoms with Crippen molar-refractivity contribution in [3.63, 3.8) is 0 Å². The van der Waals surface area contributed by atoms with Crippen LogP contribution in [0.4, 0.5) is 5.82 Å². The van der Waals surface area contributed by atoms with Crippen molar-refractivity contribution in [2.75, 3.05) is 18.5 Å². The summed E-state index contributed by atoms with van der Waals surface area (Å²) in [5, 5.41) is 4.61. The molecule has 3 aromatic rings. The third-order valence-electron chi connectivity index (χ3n) is 3.77. The Kier molecular flexibility index (Phi) is 5.09. The van der Waals surface area contributed by atoms with Crippen molar-refractivity contribution in [3.8, 4) is 5.88 Å². The van der Waals surface area contributed by atoms with Crippen LogP contribution in [0.1, 0.15) is 25.3 Å². The van der Waals surface area contributed by atoms with Crippen LogP contribution in [-0.4, -0.2) is 28.1 Å². The molecule has 2 N–H and O–H groups in total. The smallest absolute Gasteiger partial charge is 0.218 e. The second-order valence-electron chi connectivity index (χ2n) is 5.48. The zero-order valence-electron chi connectivity index (χ0n) is 13.4. The Morgan fingerprint density at radius 1 is 1.22 bits per heavy atom. The van der Waals surface area contributed by atoms with Gasteiger partial charge < -0.3 is 15.0 Å². The highest BCUT2D eigenvalue weighted by Gasteiger charge is 2.03. The normalized spacial score (nSPS) is 10.8. The molecular formula is C18H22N4O. The Morgan fingerprint density at radius 2 is 2.13 bits per heavy atom. The Morgan fingerprint density at radius 3 is 3.04 bits per heavy atom. The molecule has 2 heterocycles. The molecule has 0 aliphatic heterocycles. The summed E-state index contributed by atoms with van der Waals surface area (Å²) < 4.78 is 5.60. The molecule has 0 aliphatic rings. The van der Waals surface area contributed by atoms with Crippen LogP contribution < -0.4 is 10.1 Å². The highest BCUT2D eigenvalue weighted by molar-refractivity contribution is 5.83. The van der Waals surface area contributed by atoms with Gasteiger partial charge in [0.1, 0.15) is 12.1 Å². The van der Waals surface area contributed by atoms with Crippen LogP contribution in [0.25, 0.3) is 10.9 Å². The fraction of sp³-hybridized carbons (Fsp3) is 0.333. The van der Waals surface area contributed by atoms with Gasteiger partial charge in [-0.25, -0.2) is 9.97 Å². The minimum Gasteiger partial charge on any atom is -0.478 e. The van der Waals surface area contributed by atoms with Gasteiger partial charge in [-0.2, -0.15) is 0 Å². The maximum atomic E-state index is 5.60. The predicted molar refractivity (Wildman–Crippen MR) is 92.9 cm³/mol. The van der Waals surface area contributed by atoms with E-state index in [-0.39, 0.29) is 0 Å². The number of nitrogens with zero attached hydrogens (tertiary/aromatic N) is 2. The van der Waals surface area contributed by atoms with Crippen LogP contribution in [0.2, 0.25) is 0 Å². The number of nitrogens with one attached hydrogen (secondary N) is 2. The second-order valence-corrected chi connectivity index (χ2v) is 5.48. The molecule has 0 atom stereocenters. The average Bonchev–Trinajstić information content (AvgIpc) is 2.99. The molecule has 0 saturated carbocycles. The fourth-order valence-corrected chi connectivity index (χ4v) is 2.50. The highest BCUT2D eigenvalue weighted by atomic mass is 16.5. The number of fused-ring (bicyclic) bond motifs is 1. The third kappa shape index (κ3) is 4.00. The molecule has 0 unspecified atom stereocenters. The number of anilines is 1. The Balaban J connectivity index is 1.55. The summed E-state index contributed by atoms with van der Waals surface area (Å²) in [5.74, 6) is 1.43. The molecule has 23 heavy (non-hydrogen) atoms. The van der Waals surface area contributed by atoms with Gasteiger partial charge in [-0.05, 0) is 24.5 Å². The van der Waals surface area contributed by atoms with Gasteiger partial charge in [0.25, 0.3) is 0 Å². The number of unbranched alkanes of at least 4 members (excludes halogenated alkanes) is 1. The second kappa shape index (κ2) is 7.63. The molecule has 0 saturated heterocycles. The topological polar surface area (TPSA) is 62.8 Å². The van der Waals surface area contributed by atoms with E-state index < -0.39 is 0 Å². The number of H-pyrrole nitrogens is 1. The molecule has 3 rings (SSSR count). The van der Waals surface area contributed by atoms with E-state index in [9.17, 15) is 0 Å². The van der Waals surface area contributed by atoms with Gasteiger partial charge in [-0.1, -0.05) is 31.5 Å². The average molecular weight is 310 g/mol. The van der Waals surface area contributed by atoms with Crippen molar-refractivity contribution in [2.24, 2.45) is 0 Å². The maximum absolute atomic E-state index is 5.60. The first kappa shape index (κ1) is 15.3. The monoisotopic (exact) mass is 310 g/mol. The number of ether oxygens (including phenoxy) is 1. The van der Waals surface area contributed by atoms with Crippen LogP contribution >= 0.6 is 0 Å². The van der Waals surface area contributed by atoms with E-state index in [0.29, 0.717) is 12.5 Å². The quantitative estimate of drug-likeness (QED) is 0.621. The lowest BCUT2D eigenvalue weighted by Gasteiger charge is -2.07. The van der Waals surface area contributed by atoms with E-state index in [0.717, 1.165) is 31.6 Å². The van der Waals surface area contributed by atoms with Crippen molar-refractivity contribution < 1.29 is 4.74 Å². The third-order valence-corrected chi connectivity index (χ3v) is 3.77. The summed E-state index contributed by atoms with van der Waals surface area (Å²) >= 11 is 0. The van der Waals surface area contributed by atoms with Crippen molar-refractivity contribution >= 4 is 16.7 Å². The van der Waals surface area contributed by atoms with E-state index in [1.807, 2.05) is 12.1 Å². The first-order valence-corrected chi connectivity index (χ1v) is 8.10. The van der Waals surface area contributed by atoms with E-state index in [4.69, 9.17) is 4.74 Å². The molecule has 0 fully saturated rings. The highest BCUT2D eigenvalue weighted by Crippen LogP contribution is 2.18. The van der Waals surface area contributed by atoms with Gasteiger partial charge in [0.15, 0.2) is 0 Å². The summed E-state index contributed by atoms with van der Waals surface area (Å²) in [6.45, 7) is 3.65. The zero-order chi connectivity index (χ0) is 15.9. The molecule has 0 spiro atoms. The fourth-order valence-electron chi connectivity index (χ4n) is 2.50. The van der Waals surface area contributed by atoms with Crippen LogP contribution in [0.3, 0.4) is 0 Å². The van der Waals surface area contributed by atoms with Gasteiger partial charge in [0.2, 0.25) is 5.88 Å². The van der Waals surface area contributed by atoms with Gasteiger partial charge in [-0.3, -0.25) is 0 Å². The number of benzene rings is 1. The van der Waals surface area contributed by atoms with E-state index in [1.165, 1.54) is 22.8 Å². The van der Waals surface area contributed by atoms with Gasteiger partial charge in [0.05, 0.1) is 6.61 Å². The van der Waals surface area contributed by atoms with E-state index in [1.54, 1.807) is 0 Å². The first-order valence-electron chi connectivity index (χ1n) is 8.10. The lowest BCUT2D eigenvalue weighted by molar-refractivity contribution is 0.297. The largest absolute Gasteiger partial charge is 0.478 e. The standard InChI is InChI=1S/C18H22N4O/c1-2-3-10-23-18-11-17(21-13-22-18)19-9-8-14-12-20-16-7-5-4-6-15(14)16/h4-7,11-13,20H,2-3,8-10H2,1H3,(H,19,21,22). The van der Waals surface area contributed by atoms with E-state index in [2.05, 4.69) is 51.6 Å². The van der Waals surface area contributed by atoms with Crippen LogP contribution in [0.15, 0.2) is 42.9 Å². The number of rotatable bonds is 8. The Labute approximate surface area is 136 Å². The summed E-state index contributed by atoms with van der Waals surface area (Å²) in [5.41, 5.74) is 2.48. The van der Waals surface area contributed by atoms with Crippen LogP contribution in [-0.2, 0) is 6.42 Å². The van der Waals surface area contributed by atoms with Gasteiger partial charge in [-0.15, -0.1) is 0 Å². The Bertz CT molecular complexity index is 753. The number of aromatic nitrogens is 3. The van der Waals surface area contributed by atoms with Crippen molar-refractivity contribution in [1.82, 2.24) is 15.0 Å². The number of aromatic amines is 1. The van der Waals surface area contributed by atoms with Crippen molar-refractivity contribution in [1.29, 1.82) is 0 Å². The van der Waals surface area contributed by atoms with Gasteiger partial charge in [0, 0.05) is 29.7 Å². The maximum Gasteiger partial charge on any atom is 0.218 e. The summed E-state index contributed by atoms with van der Waals surface area (Å²) in [7, 11) is 0. The van der Waals surface area contributed by atoms with Crippen LogP contribution in [0.5, 0.6) is 5.88 Å². The number of hydrogen-bond donors (Lipinski definition) is 2. The summed E-state index contributed by atoms with van der Waals surface area (Å²) in [6.07, 6.45) is 6.69. The van der Waals surface area contributed by atoms with Gasteiger partial charge >= 0.3 is 0 Å². The summed E-state index contributed by atoms with van der Waals surface area (Å²) in [6, 6.07) is 10.2. The molecule has 1 aromatic carbocycles. The van der Waals surface area contributed by atoms with Crippen molar-refractivity contribution in [2.45, 2.75) is 26.2 Å². The molecule has 0 bridgehead atoms.